The monoisotopic (exact) mass is 158 g/mol. The van der Waals surface area contributed by atoms with E-state index >= 15 is 0 Å². The smallest absolute Gasteiger partial charge is 0.157 e. The van der Waals surface area contributed by atoms with Crippen molar-refractivity contribution in [3.8, 4) is 0 Å². The Morgan fingerprint density at radius 3 is 2.00 bits per heavy atom. The summed E-state index contributed by atoms with van der Waals surface area (Å²) in [4.78, 5) is 0. The van der Waals surface area contributed by atoms with Crippen LogP contribution in [0.25, 0.3) is 0 Å². The summed E-state index contributed by atoms with van der Waals surface area (Å²) in [6.45, 7) is 8.42. The van der Waals surface area contributed by atoms with Crippen molar-refractivity contribution in [2.24, 2.45) is 17.8 Å². The summed E-state index contributed by atoms with van der Waals surface area (Å²) in [6, 6.07) is 0. The molecule has 0 amide bonds. The maximum atomic E-state index is 9.41. The molecule has 66 valence electrons. The van der Waals surface area contributed by atoms with Crippen molar-refractivity contribution in [1.29, 1.82) is 0 Å². The van der Waals surface area contributed by atoms with Gasteiger partial charge in [0.05, 0.1) is 6.10 Å². The molecule has 1 N–H and O–H groups in total. The van der Waals surface area contributed by atoms with E-state index in [0.717, 1.165) is 0 Å². The zero-order chi connectivity index (χ0) is 8.59. The van der Waals surface area contributed by atoms with Crippen LogP contribution < -0.4 is 0 Å². The number of rotatable bonds is 0. The molecule has 0 aromatic heterocycles. The lowest BCUT2D eigenvalue weighted by molar-refractivity contribution is -0.219. The van der Waals surface area contributed by atoms with Crippen LogP contribution in [-0.4, -0.2) is 17.5 Å². The van der Waals surface area contributed by atoms with Gasteiger partial charge in [0.2, 0.25) is 0 Å². The van der Waals surface area contributed by atoms with Crippen LogP contribution in [0.3, 0.4) is 0 Å². The first kappa shape index (κ1) is 9.01. The molecule has 0 bridgehead atoms. The lowest BCUT2D eigenvalue weighted by Crippen LogP contribution is -2.43. The van der Waals surface area contributed by atoms with Crippen molar-refractivity contribution in [2.45, 2.75) is 40.1 Å². The van der Waals surface area contributed by atoms with E-state index in [4.69, 9.17) is 4.74 Å². The fourth-order valence-corrected chi connectivity index (χ4v) is 1.63. The Kier molecular flexibility index (Phi) is 2.55. The van der Waals surface area contributed by atoms with Crippen molar-refractivity contribution in [2.75, 3.05) is 0 Å². The van der Waals surface area contributed by atoms with Gasteiger partial charge in [-0.1, -0.05) is 20.8 Å². The van der Waals surface area contributed by atoms with E-state index in [1.807, 2.05) is 13.8 Å². The molecule has 3 unspecified atom stereocenters. The molecule has 1 aliphatic rings. The Morgan fingerprint density at radius 2 is 1.45 bits per heavy atom. The maximum Gasteiger partial charge on any atom is 0.157 e. The number of aliphatic hydroxyl groups excluding tert-OH is 1. The molecule has 0 radical (unpaired) electrons. The molecule has 1 rings (SSSR count). The summed E-state index contributed by atoms with van der Waals surface area (Å²) in [5.41, 5.74) is 0. The molecule has 1 saturated heterocycles. The lowest BCUT2D eigenvalue weighted by Gasteiger charge is -2.40. The fraction of sp³-hybridized carbons (Fsp3) is 1.00. The Bertz CT molecular complexity index is 122. The van der Waals surface area contributed by atoms with Crippen molar-refractivity contribution in [3.05, 3.63) is 0 Å². The van der Waals surface area contributed by atoms with Gasteiger partial charge < -0.3 is 9.84 Å². The predicted molar refractivity (Wildman–Crippen MR) is 44.0 cm³/mol. The first-order chi connectivity index (χ1) is 5.04. The second-order valence-electron chi connectivity index (χ2n) is 3.81. The second-order valence-corrected chi connectivity index (χ2v) is 3.81. The molecule has 5 atom stereocenters. The summed E-state index contributed by atoms with van der Waals surface area (Å²) in [7, 11) is 0. The third-order valence-electron chi connectivity index (χ3n) is 3.20. The van der Waals surface area contributed by atoms with Crippen molar-refractivity contribution in [1.82, 2.24) is 0 Å². The molecule has 0 spiro atoms. The number of hydrogen-bond donors (Lipinski definition) is 1. The van der Waals surface area contributed by atoms with Crippen LogP contribution in [0.15, 0.2) is 0 Å². The molecule has 0 aromatic carbocycles. The average Bonchev–Trinajstić information content (AvgIpc) is 1.97. The topological polar surface area (TPSA) is 29.5 Å². The van der Waals surface area contributed by atoms with Crippen molar-refractivity contribution in [3.63, 3.8) is 0 Å². The number of ether oxygens (including phenoxy) is 1. The van der Waals surface area contributed by atoms with Crippen LogP contribution in [0.4, 0.5) is 0 Å². The first-order valence-electron chi connectivity index (χ1n) is 4.37. The predicted octanol–water partition coefficient (Wildman–Crippen LogP) is 1.63. The lowest BCUT2D eigenvalue weighted by atomic mass is 9.79. The van der Waals surface area contributed by atoms with E-state index in [0.29, 0.717) is 11.8 Å². The molecule has 2 nitrogen and oxygen atoms in total. The summed E-state index contributed by atoms with van der Waals surface area (Å²) < 4.78 is 5.34. The molecular formula is C9H18O2. The maximum absolute atomic E-state index is 9.41. The third kappa shape index (κ3) is 1.57. The average molecular weight is 158 g/mol. The van der Waals surface area contributed by atoms with Gasteiger partial charge in [-0.25, -0.2) is 0 Å². The molecule has 1 aliphatic heterocycles. The van der Waals surface area contributed by atoms with Gasteiger partial charge in [0.15, 0.2) is 6.29 Å². The summed E-state index contributed by atoms with van der Waals surface area (Å²) >= 11 is 0. The minimum absolute atomic E-state index is 0.191. The molecule has 0 saturated carbocycles. The highest BCUT2D eigenvalue weighted by molar-refractivity contribution is 4.79. The van der Waals surface area contributed by atoms with E-state index in [1.54, 1.807) is 0 Å². The highest BCUT2D eigenvalue weighted by Gasteiger charge is 2.35. The third-order valence-corrected chi connectivity index (χ3v) is 3.20. The Labute approximate surface area is 68.6 Å². The van der Waals surface area contributed by atoms with Gasteiger partial charge in [-0.2, -0.15) is 0 Å². The van der Waals surface area contributed by atoms with E-state index < -0.39 is 6.29 Å². The quantitative estimate of drug-likeness (QED) is 0.580. The van der Waals surface area contributed by atoms with Crippen LogP contribution >= 0.6 is 0 Å². The van der Waals surface area contributed by atoms with Crippen LogP contribution in [0, 0.1) is 17.8 Å². The molecular weight excluding hydrogens is 140 g/mol. The molecule has 2 heteroatoms. The van der Waals surface area contributed by atoms with Gasteiger partial charge in [-0.15, -0.1) is 0 Å². The van der Waals surface area contributed by atoms with Crippen LogP contribution in [0.5, 0.6) is 0 Å². The van der Waals surface area contributed by atoms with Crippen molar-refractivity contribution >= 4 is 0 Å². The Hall–Kier alpha value is -0.0800. The van der Waals surface area contributed by atoms with Gasteiger partial charge in [-0.05, 0) is 18.8 Å². The van der Waals surface area contributed by atoms with Gasteiger partial charge in [0.1, 0.15) is 0 Å². The zero-order valence-electron chi connectivity index (χ0n) is 7.74. The summed E-state index contributed by atoms with van der Waals surface area (Å²) in [5.74, 6) is 1.36. The number of hydrogen-bond acceptors (Lipinski definition) is 2. The van der Waals surface area contributed by atoms with Crippen LogP contribution in [0.2, 0.25) is 0 Å². The van der Waals surface area contributed by atoms with Gasteiger partial charge >= 0.3 is 0 Å². The van der Waals surface area contributed by atoms with E-state index in [1.165, 1.54) is 0 Å². The minimum Gasteiger partial charge on any atom is -0.368 e. The molecule has 0 aromatic rings. The van der Waals surface area contributed by atoms with Gasteiger partial charge in [0, 0.05) is 5.92 Å². The van der Waals surface area contributed by atoms with Crippen LogP contribution in [0.1, 0.15) is 27.7 Å². The van der Waals surface area contributed by atoms with Crippen LogP contribution in [-0.2, 0) is 4.74 Å². The SMILES string of the molecule is CC1C(O)OC(C)[C@H](C)[C@@H]1C. The molecule has 1 fully saturated rings. The highest BCUT2D eigenvalue weighted by Crippen LogP contribution is 2.33. The molecule has 0 aliphatic carbocycles. The molecule has 11 heavy (non-hydrogen) atoms. The second kappa shape index (κ2) is 3.11. The number of aliphatic hydroxyl groups is 1. The van der Waals surface area contributed by atoms with E-state index in [2.05, 4.69) is 13.8 Å². The fourth-order valence-electron chi connectivity index (χ4n) is 1.63. The first-order valence-corrected chi connectivity index (χ1v) is 4.37. The summed E-state index contributed by atoms with van der Waals surface area (Å²) in [6.07, 6.45) is -0.368. The van der Waals surface area contributed by atoms with E-state index in [9.17, 15) is 5.11 Å². The van der Waals surface area contributed by atoms with Crippen molar-refractivity contribution < 1.29 is 9.84 Å². The van der Waals surface area contributed by atoms with E-state index in [-0.39, 0.29) is 12.0 Å². The van der Waals surface area contributed by atoms with Gasteiger partial charge in [0.25, 0.3) is 0 Å². The largest absolute Gasteiger partial charge is 0.368 e. The zero-order valence-corrected chi connectivity index (χ0v) is 7.74. The summed E-state index contributed by atoms with van der Waals surface area (Å²) in [5, 5.41) is 9.41. The minimum atomic E-state index is -0.559. The van der Waals surface area contributed by atoms with Gasteiger partial charge in [-0.3, -0.25) is 0 Å². The Balaban J connectivity index is 2.63. The normalized spacial score (nSPS) is 52.6. The molecule has 1 heterocycles. The highest BCUT2D eigenvalue weighted by atomic mass is 16.6. The standard InChI is InChI=1S/C9H18O2/c1-5-6(2)8(4)11-9(10)7(5)3/h5-10H,1-4H3/t5-,6+,7?,8?,9?/m0/s1. The Morgan fingerprint density at radius 1 is 0.909 bits per heavy atom.